The molecule has 5 heteroatoms. The smallest absolute Gasteiger partial charge is 0.254 e. The first kappa shape index (κ1) is 15.0. The lowest BCUT2D eigenvalue weighted by Gasteiger charge is -2.19. The Hall–Kier alpha value is -2.24. The third-order valence-corrected chi connectivity index (χ3v) is 6.29. The minimum Gasteiger partial charge on any atom is -0.338 e. The van der Waals surface area contributed by atoms with E-state index in [1.54, 1.807) is 11.3 Å². The van der Waals surface area contributed by atoms with Crippen molar-refractivity contribution in [3.8, 4) is 10.6 Å². The maximum absolute atomic E-state index is 13.3. The van der Waals surface area contributed by atoms with Crippen LogP contribution in [0.1, 0.15) is 10.4 Å². The number of aromatic nitrogens is 1. The van der Waals surface area contributed by atoms with Gasteiger partial charge in [-0.1, -0.05) is 24.3 Å². The van der Waals surface area contributed by atoms with E-state index >= 15 is 0 Å². The fraction of sp³-hybridized carbons (Fsp3) is 0.300. The van der Waals surface area contributed by atoms with Crippen LogP contribution < -0.4 is 5.32 Å². The predicted molar refractivity (Wildman–Crippen MR) is 101 cm³/mol. The fourth-order valence-electron chi connectivity index (χ4n) is 4.09. The average molecular weight is 349 g/mol. The summed E-state index contributed by atoms with van der Waals surface area (Å²) in [6, 6.07) is 14.0. The summed E-state index contributed by atoms with van der Waals surface area (Å²) in [4.78, 5) is 21.2. The number of pyridine rings is 1. The molecule has 5 rings (SSSR count). The van der Waals surface area contributed by atoms with Crippen molar-refractivity contribution in [2.75, 3.05) is 26.2 Å². The maximum Gasteiger partial charge on any atom is 0.254 e. The van der Waals surface area contributed by atoms with Gasteiger partial charge in [-0.3, -0.25) is 4.79 Å². The van der Waals surface area contributed by atoms with E-state index in [0.29, 0.717) is 11.8 Å². The predicted octanol–water partition coefficient (Wildman–Crippen LogP) is 3.25. The Balaban J connectivity index is 1.58. The molecule has 0 aliphatic carbocycles. The Morgan fingerprint density at radius 1 is 1.12 bits per heavy atom. The molecule has 0 radical (unpaired) electrons. The zero-order valence-corrected chi connectivity index (χ0v) is 14.6. The SMILES string of the molecule is O=C(c1cc(-c2cccs2)nc2ccccc12)N1C[C@H]2CNC[C@H]2C1. The second-order valence-electron chi connectivity index (χ2n) is 6.94. The van der Waals surface area contributed by atoms with E-state index in [1.165, 1.54) is 0 Å². The first-order chi connectivity index (χ1) is 12.3. The Morgan fingerprint density at radius 3 is 2.68 bits per heavy atom. The first-order valence-corrected chi connectivity index (χ1v) is 9.61. The molecule has 0 spiro atoms. The molecule has 0 unspecified atom stereocenters. The van der Waals surface area contributed by atoms with Crippen LogP contribution in [0.25, 0.3) is 21.5 Å². The second-order valence-corrected chi connectivity index (χ2v) is 7.89. The minimum atomic E-state index is 0.144. The summed E-state index contributed by atoms with van der Waals surface area (Å²) in [6.45, 7) is 3.79. The summed E-state index contributed by atoms with van der Waals surface area (Å²) in [5, 5.41) is 6.43. The van der Waals surface area contributed by atoms with Gasteiger partial charge in [-0.25, -0.2) is 4.98 Å². The van der Waals surface area contributed by atoms with Gasteiger partial charge in [0.15, 0.2) is 0 Å². The number of fused-ring (bicyclic) bond motifs is 2. The number of likely N-dealkylation sites (tertiary alicyclic amines) is 1. The lowest BCUT2D eigenvalue weighted by Crippen LogP contribution is -2.32. The zero-order chi connectivity index (χ0) is 16.8. The van der Waals surface area contributed by atoms with E-state index in [-0.39, 0.29) is 5.91 Å². The minimum absolute atomic E-state index is 0.144. The Morgan fingerprint density at radius 2 is 1.92 bits per heavy atom. The first-order valence-electron chi connectivity index (χ1n) is 8.73. The van der Waals surface area contributed by atoms with Gasteiger partial charge in [0.2, 0.25) is 0 Å². The van der Waals surface area contributed by atoms with Crippen LogP contribution in [-0.4, -0.2) is 42.0 Å². The highest BCUT2D eigenvalue weighted by molar-refractivity contribution is 7.13. The molecule has 2 aromatic heterocycles. The summed E-state index contributed by atoms with van der Waals surface area (Å²) in [7, 11) is 0. The van der Waals surface area contributed by atoms with Gasteiger partial charge in [0.25, 0.3) is 5.91 Å². The lowest BCUT2D eigenvalue weighted by atomic mass is 10.0. The number of hydrogen-bond donors (Lipinski definition) is 1. The Bertz CT molecular complexity index is 925. The van der Waals surface area contributed by atoms with Crippen LogP contribution in [0.2, 0.25) is 0 Å². The number of amides is 1. The van der Waals surface area contributed by atoms with Gasteiger partial charge in [0.05, 0.1) is 21.7 Å². The fourth-order valence-corrected chi connectivity index (χ4v) is 4.78. The molecular weight excluding hydrogens is 330 g/mol. The molecule has 2 fully saturated rings. The van der Waals surface area contributed by atoms with Crippen LogP contribution in [-0.2, 0) is 0 Å². The van der Waals surface area contributed by atoms with E-state index in [0.717, 1.165) is 53.2 Å². The summed E-state index contributed by atoms with van der Waals surface area (Å²) in [5.74, 6) is 1.36. The molecule has 2 saturated heterocycles. The number of carbonyl (C=O) groups is 1. The molecule has 1 N–H and O–H groups in total. The average Bonchev–Trinajstić information content (AvgIpc) is 3.36. The summed E-state index contributed by atoms with van der Waals surface area (Å²) < 4.78 is 0. The second kappa shape index (κ2) is 5.93. The van der Waals surface area contributed by atoms with Crippen molar-refractivity contribution in [2.45, 2.75) is 0 Å². The van der Waals surface area contributed by atoms with Gasteiger partial charge in [0, 0.05) is 31.6 Å². The Kier molecular flexibility index (Phi) is 3.57. The Labute approximate surface area is 150 Å². The zero-order valence-electron chi connectivity index (χ0n) is 13.8. The molecule has 0 saturated carbocycles. The van der Waals surface area contributed by atoms with E-state index in [9.17, 15) is 4.79 Å². The molecule has 0 bridgehead atoms. The maximum atomic E-state index is 13.3. The molecule has 1 aromatic carbocycles. The highest BCUT2D eigenvalue weighted by Crippen LogP contribution is 2.31. The van der Waals surface area contributed by atoms with Crippen LogP contribution >= 0.6 is 11.3 Å². The lowest BCUT2D eigenvalue weighted by molar-refractivity contribution is 0.0783. The molecule has 4 nitrogen and oxygen atoms in total. The summed E-state index contributed by atoms with van der Waals surface area (Å²) in [5.41, 5.74) is 2.55. The van der Waals surface area contributed by atoms with Crippen LogP contribution in [0.4, 0.5) is 0 Å². The number of thiophene rings is 1. The molecule has 4 heterocycles. The van der Waals surface area contributed by atoms with Crippen molar-refractivity contribution in [1.82, 2.24) is 15.2 Å². The van der Waals surface area contributed by atoms with Crippen LogP contribution in [0.15, 0.2) is 47.8 Å². The molecule has 3 aromatic rings. The van der Waals surface area contributed by atoms with E-state index in [1.807, 2.05) is 46.7 Å². The highest BCUT2D eigenvalue weighted by atomic mass is 32.1. The number of hydrogen-bond acceptors (Lipinski definition) is 4. The highest BCUT2D eigenvalue weighted by Gasteiger charge is 2.38. The topological polar surface area (TPSA) is 45.2 Å². The quantitative estimate of drug-likeness (QED) is 0.772. The van der Waals surface area contributed by atoms with Crippen molar-refractivity contribution in [3.05, 3.63) is 53.4 Å². The van der Waals surface area contributed by atoms with Gasteiger partial charge < -0.3 is 10.2 Å². The van der Waals surface area contributed by atoms with Crippen molar-refractivity contribution in [2.24, 2.45) is 11.8 Å². The van der Waals surface area contributed by atoms with E-state index in [2.05, 4.69) is 11.4 Å². The van der Waals surface area contributed by atoms with Gasteiger partial charge in [-0.05, 0) is 35.4 Å². The third kappa shape index (κ3) is 2.55. The number of benzene rings is 1. The number of nitrogens with one attached hydrogen (secondary N) is 1. The molecule has 2 atom stereocenters. The van der Waals surface area contributed by atoms with Crippen molar-refractivity contribution in [3.63, 3.8) is 0 Å². The molecular formula is C20H19N3OS. The summed E-state index contributed by atoms with van der Waals surface area (Å²) in [6.07, 6.45) is 0. The number of para-hydroxylation sites is 1. The third-order valence-electron chi connectivity index (χ3n) is 5.40. The monoisotopic (exact) mass is 349 g/mol. The van der Waals surface area contributed by atoms with Gasteiger partial charge in [-0.15, -0.1) is 11.3 Å². The molecule has 2 aliphatic rings. The standard InChI is InChI=1S/C20H19N3OS/c24-20(23-11-13-9-21-10-14(13)12-23)16-8-18(19-6-3-7-25-19)22-17-5-2-1-4-15(16)17/h1-8,13-14,21H,9-12H2/t13-,14+. The van der Waals surface area contributed by atoms with E-state index < -0.39 is 0 Å². The van der Waals surface area contributed by atoms with Crippen molar-refractivity contribution >= 4 is 28.1 Å². The number of rotatable bonds is 2. The van der Waals surface area contributed by atoms with Crippen LogP contribution in [0, 0.1) is 11.8 Å². The molecule has 2 aliphatic heterocycles. The number of nitrogens with zero attached hydrogens (tertiary/aromatic N) is 2. The van der Waals surface area contributed by atoms with Crippen LogP contribution in [0.5, 0.6) is 0 Å². The number of carbonyl (C=O) groups excluding carboxylic acids is 1. The molecule has 126 valence electrons. The van der Waals surface area contributed by atoms with Gasteiger partial charge in [-0.2, -0.15) is 0 Å². The van der Waals surface area contributed by atoms with Gasteiger partial charge in [0.1, 0.15) is 0 Å². The van der Waals surface area contributed by atoms with Crippen molar-refractivity contribution < 1.29 is 4.79 Å². The molecule has 1 amide bonds. The van der Waals surface area contributed by atoms with Gasteiger partial charge >= 0.3 is 0 Å². The normalized spacial score (nSPS) is 22.5. The van der Waals surface area contributed by atoms with Crippen molar-refractivity contribution in [1.29, 1.82) is 0 Å². The van der Waals surface area contributed by atoms with E-state index in [4.69, 9.17) is 4.98 Å². The van der Waals surface area contributed by atoms with Crippen LogP contribution in [0.3, 0.4) is 0 Å². The molecule has 25 heavy (non-hydrogen) atoms. The largest absolute Gasteiger partial charge is 0.338 e. The summed E-state index contributed by atoms with van der Waals surface area (Å²) >= 11 is 1.66.